The van der Waals surface area contributed by atoms with Crippen LogP contribution in [0.2, 0.25) is 0 Å². The Morgan fingerprint density at radius 1 is 1.26 bits per heavy atom. The van der Waals surface area contributed by atoms with Crippen molar-refractivity contribution in [1.82, 2.24) is 10.2 Å². The van der Waals surface area contributed by atoms with E-state index in [1.165, 1.54) is 25.0 Å². The van der Waals surface area contributed by atoms with E-state index in [4.69, 9.17) is 14.5 Å². The second-order valence-electron chi connectivity index (χ2n) is 7.49. The van der Waals surface area contributed by atoms with Gasteiger partial charge >= 0.3 is 0 Å². The summed E-state index contributed by atoms with van der Waals surface area (Å²) in [6.07, 6.45) is 3.14. The number of fused-ring (bicyclic) bond motifs is 5. The average molecular weight is 489 g/mol. The first-order valence-corrected chi connectivity index (χ1v) is 9.66. The van der Waals surface area contributed by atoms with Crippen LogP contribution in [0.25, 0.3) is 0 Å². The molecule has 0 saturated carbocycles. The van der Waals surface area contributed by atoms with Gasteiger partial charge in [-0.15, -0.1) is 24.0 Å². The predicted octanol–water partition coefficient (Wildman–Crippen LogP) is 3.21. The van der Waals surface area contributed by atoms with Gasteiger partial charge in [0.15, 0.2) is 5.96 Å². The summed E-state index contributed by atoms with van der Waals surface area (Å²) in [6.45, 7) is 5.48. The molecule has 3 saturated heterocycles. The summed E-state index contributed by atoms with van der Waals surface area (Å²) in [5, 5.41) is 3.42. The number of halogens is 2. The van der Waals surface area contributed by atoms with Gasteiger partial charge in [0.05, 0.1) is 18.8 Å². The molecule has 2 bridgehead atoms. The van der Waals surface area contributed by atoms with Gasteiger partial charge in [-0.1, -0.05) is 12.1 Å². The summed E-state index contributed by atoms with van der Waals surface area (Å²) >= 11 is 0. The highest BCUT2D eigenvalue weighted by Crippen LogP contribution is 2.47. The number of rotatable bonds is 5. The highest BCUT2D eigenvalue weighted by molar-refractivity contribution is 14.0. The second-order valence-corrected chi connectivity index (χ2v) is 7.49. The summed E-state index contributed by atoms with van der Waals surface area (Å²) in [6, 6.07) is 6.46. The van der Waals surface area contributed by atoms with Gasteiger partial charge in [0.2, 0.25) is 0 Å². The number of nitrogens with zero attached hydrogens (tertiary/aromatic N) is 2. The van der Waals surface area contributed by atoms with Crippen molar-refractivity contribution < 1.29 is 13.9 Å². The van der Waals surface area contributed by atoms with Gasteiger partial charge in [-0.25, -0.2) is 4.39 Å². The van der Waals surface area contributed by atoms with Gasteiger partial charge in [-0.05, 0) is 37.5 Å². The van der Waals surface area contributed by atoms with Crippen LogP contribution in [0.15, 0.2) is 29.3 Å². The molecule has 7 heteroatoms. The van der Waals surface area contributed by atoms with E-state index in [0.717, 1.165) is 31.2 Å². The SMILES string of the molecule is CCNC(=NCC(OC)c1ccc(F)cc1)N1CC2C3CCC(O3)C2C1.I. The standard InChI is InChI=1S/C20H28FN3O2.HI/c1-3-22-20(23-10-19(25-2)13-4-6-14(21)7-5-13)24-11-15-16(12-24)18-9-8-17(15)26-18;/h4-7,15-19H,3,8-12H2,1-2H3,(H,22,23);1H. The Hall–Kier alpha value is -0.930. The van der Waals surface area contributed by atoms with Crippen LogP contribution in [0, 0.1) is 17.7 Å². The molecular formula is C20H29FIN3O2. The van der Waals surface area contributed by atoms with Crippen LogP contribution in [0.5, 0.6) is 0 Å². The monoisotopic (exact) mass is 489 g/mol. The average Bonchev–Trinajstić information content (AvgIpc) is 3.35. The molecule has 4 rings (SSSR count). The van der Waals surface area contributed by atoms with Gasteiger partial charge in [-0.3, -0.25) is 4.99 Å². The number of aliphatic imine (C=N–C) groups is 1. The quantitative estimate of drug-likeness (QED) is 0.392. The van der Waals surface area contributed by atoms with Crippen molar-refractivity contribution in [2.24, 2.45) is 16.8 Å². The van der Waals surface area contributed by atoms with E-state index in [2.05, 4.69) is 17.1 Å². The highest BCUT2D eigenvalue weighted by atomic mass is 127. The largest absolute Gasteiger partial charge is 0.375 e. The summed E-state index contributed by atoms with van der Waals surface area (Å²) in [5.41, 5.74) is 0.943. The molecular weight excluding hydrogens is 460 g/mol. The molecule has 0 aliphatic carbocycles. The van der Waals surface area contributed by atoms with E-state index in [1.54, 1.807) is 19.2 Å². The number of hydrogen-bond donors (Lipinski definition) is 1. The maximum absolute atomic E-state index is 13.2. The summed E-state index contributed by atoms with van der Waals surface area (Å²) in [5.74, 6) is 2.01. The molecule has 3 heterocycles. The van der Waals surface area contributed by atoms with Crippen molar-refractivity contribution >= 4 is 29.9 Å². The fourth-order valence-corrected chi connectivity index (χ4v) is 4.72. The van der Waals surface area contributed by atoms with E-state index in [1.807, 2.05) is 0 Å². The zero-order valence-corrected chi connectivity index (χ0v) is 18.3. The number of benzene rings is 1. The molecule has 3 aliphatic heterocycles. The topological polar surface area (TPSA) is 46.1 Å². The zero-order valence-electron chi connectivity index (χ0n) is 15.9. The second kappa shape index (κ2) is 9.05. The van der Waals surface area contributed by atoms with Gasteiger partial charge in [0, 0.05) is 38.6 Å². The minimum Gasteiger partial charge on any atom is -0.375 e. The Morgan fingerprint density at radius 3 is 2.44 bits per heavy atom. The smallest absolute Gasteiger partial charge is 0.194 e. The molecule has 0 aromatic heterocycles. The predicted molar refractivity (Wildman–Crippen MR) is 114 cm³/mol. The lowest BCUT2D eigenvalue weighted by Gasteiger charge is -2.24. The maximum atomic E-state index is 13.2. The van der Waals surface area contributed by atoms with Crippen molar-refractivity contribution in [2.45, 2.75) is 38.1 Å². The molecule has 0 spiro atoms. The molecule has 5 atom stereocenters. The van der Waals surface area contributed by atoms with Crippen LogP contribution in [0.3, 0.4) is 0 Å². The Balaban J connectivity index is 0.00000210. The third-order valence-electron chi connectivity index (χ3n) is 6.02. The van der Waals surface area contributed by atoms with E-state index < -0.39 is 0 Å². The first kappa shape index (κ1) is 20.8. The van der Waals surface area contributed by atoms with Gasteiger partial charge in [-0.2, -0.15) is 0 Å². The molecule has 27 heavy (non-hydrogen) atoms. The zero-order chi connectivity index (χ0) is 18.1. The van der Waals surface area contributed by atoms with Crippen molar-refractivity contribution in [3.63, 3.8) is 0 Å². The van der Waals surface area contributed by atoms with Crippen LogP contribution >= 0.6 is 24.0 Å². The van der Waals surface area contributed by atoms with Crippen LogP contribution in [-0.2, 0) is 9.47 Å². The lowest BCUT2D eigenvalue weighted by Crippen LogP contribution is -2.41. The van der Waals surface area contributed by atoms with Crippen LogP contribution in [0.1, 0.15) is 31.4 Å². The van der Waals surface area contributed by atoms with Crippen molar-refractivity contribution in [3.8, 4) is 0 Å². The lowest BCUT2D eigenvalue weighted by molar-refractivity contribution is 0.0765. The molecule has 1 aromatic rings. The minimum absolute atomic E-state index is 0. The Kier molecular flexibility index (Phi) is 6.97. The van der Waals surface area contributed by atoms with Gasteiger partial charge in [0.1, 0.15) is 11.9 Å². The van der Waals surface area contributed by atoms with Crippen molar-refractivity contribution in [2.75, 3.05) is 33.3 Å². The molecule has 1 N–H and O–H groups in total. The Bertz CT molecular complexity index is 639. The fourth-order valence-electron chi connectivity index (χ4n) is 4.72. The highest BCUT2D eigenvalue weighted by Gasteiger charge is 2.53. The molecule has 3 aliphatic rings. The molecule has 3 fully saturated rings. The number of methoxy groups -OCH3 is 1. The molecule has 0 amide bonds. The van der Waals surface area contributed by atoms with Gasteiger partial charge in [0.25, 0.3) is 0 Å². The van der Waals surface area contributed by atoms with E-state index in [0.29, 0.717) is 30.6 Å². The number of hydrogen-bond acceptors (Lipinski definition) is 3. The number of likely N-dealkylation sites (tertiary alicyclic amines) is 1. The van der Waals surface area contributed by atoms with Crippen molar-refractivity contribution in [1.29, 1.82) is 0 Å². The third-order valence-corrected chi connectivity index (χ3v) is 6.02. The minimum atomic E-state index is -0.235. The van der Waals surface area contributed by atoms with Crippen molar-refractivity contribution in [3.05, 3.63) is 35.6 Å². The fraction of sp³-hybridized carbons (Fsp3) is 0.650. The van der Waals surface area contributed by atoms with E-state index in [-0.39, 0.29) is 35.9 Å². The summed E-state index contributed by atoms with van der Waals surface area (Å²) in [7, 11) is 1.67. The van der Waals surface area contributed by atoms with Crippen LogP contribution < -0.4 is 5.32 Å². The van der Waals surface area contributed by atoms with Crippen LogP contribution in [0.4, 0.5) is 4.39 Å². The van der Waals surface area contributed by atoms with Crippen LogP contribution in [-0.4, -0.2) is 56.4 Å². The molecule has 1 aromatic carbocycles. The molecule has 5 nitrogen and oxygen atoms in total. The number of ether oxygens (including phenoxy) is 2. The number of guanidine groups is 1. The maximum Gasteiger partial charge on any atom is 0.194 e. The lowest BCUT2D eigenvalue weighted by atomic mass is 9.82. The van der Waals surface area contributed by atoms with Gasteiger partial charge < -0.3 is 19.7 Å². The number of nitrogens with one attached hydrogen (secondary N) is 1. The normalized spacial score (nSPS) is 30.2. The Morgan fingerprint density at radius 2 is 1.89 bits per heavy atom. The first-order valence-electron chi connectivity index (χ1n) is 9.66. The van der Waals surface area contributed by atoms with E-state index in [9.17, 15) is 4.39 Å². The molecule has 150 valence electrons. The summed E-state index contributed by atoms with van der Waals surface area (Å²) in [4.78, 5) is 7.21. The first-order chi connectivity index (χ1) is 12.7. The molecule has 5 unspecified atom stereocenters. The molecule has 0 radical (unpaired) electrons. The Labute approximate surface area is 177 Å². The van der Waals surface area contributed by atoms with E-state index >= 15 is 0 Å². The third kappa shape index (κ3) is 4.24. The summed E-state index contributed by atoms with van der Waals surface area (Å²) < 4.78 is 24.8.